The van der Waals surface area contributed by atoms with Crippen LogP contribution >= 0.6 is 0 Å². The second-order valence-electron chi connectivity index (χ2n) is 8.84. The summed E-state index contributed by atoms with van der Waals surface area (Å²) in [5.41, 5.74) is 1.02. The number of esters is 1. The number of ketones is 1. The molecule has 1 fully saturated rings. The zero-order valence-electron chi connectivity index (χ0n) is 21.7. The van der Waals surface area contributed by atoms with E-state index in [-0.39, 0.29) is 29.1 Å². The smallest absolute Gasteiger partial charge is 0.354 e. The van der Waals surface area contributed by atoms with Crippen LogP contribution in [-0.4, -0.2) is 75.8 Å². The number of rotatable bonds is 10. The van der Waals surface area contributed by atoms with Crippen LogP contribution < -0.4 is 0 Å². The number of likely N-dealkylation sites (tertiary alicyclic amines) is 1. The summed E-state index contributed by atoms with van der Waals surface area (Å²) in [4.78, 5) is 56.0. The third-order valence-electron chi connectivity index (χ3n) is 6.77. The van der Waals surface area contributed by atoms with E-state index in [2.05, 4.69) is 9.88 Å². The Morgan fingerprint density at radius 2 is 1.92 bits per heavy atom. The highest BCUT2D eigenvalue weighted by atomic mass is 16.6. The SMILES string of the molecule is CCN(CC)CCCN1C(=O)C(=O)/C(=C(/O)c2c(C)[nH]c(C(=O)OC)c2C)[C@H]1c1cccc([N+](=O)[O-])c1. The van der Waals surface area contributed by atoms with E-state index in [9.17, 15) is 29.6 Å². The number of carbonyl (C=O) groups is 3. The molecule has 11 heteroatoms. The van der Waals surface area contributed by atoms with E-state index in [1.807, 2.05) is 13.8 Å². The van der Waals surface area contributed by atoms with Crippen LogP contribution in [0.3, 0.4) is 0 Å². The number of carbonyl (C=O) groups excluding carboxylic acids is 3. The number of aryl methyl sites for hydroxylation is 1. The maximum Gasteiger partial charge on any atom is 0.354 e. The van der Waals surface area contributed by atoms with E-state index in [1.165, 1.54) is 30.2 Å². The van der Waals surface area contributed by atoms with Crippen LogP contribution in [0.15, 0.2) is 29.8 Å². The van der Waals surface area contributed by atoms with Crippen molar-refractivity contribution in [2.24, 2.45) is 0 Å². The molecular formula is C26H32N4O7. The number of benzene rings is 1. The highest BCUT2D eigenvalue weighted by Crippen LogP contribution is 2.41. The van der Waals surface area contributed by atoms with Gasteiger partial charge in [0.2, 0.25) is 0 Å². The summed E-state index contributed by atoms with van der Waals surface area (Å²) < 4.78 is 4.79. The Morgan fingerprint density at radius 3 is 2.51 bits per heavy atom. The number of methoxy groups -OCH3 is 1. The molecule has 0 aliphatic carbocycles. The van der Waals surface area contributed by atoms with E-state index < -0.39 is 34.4 Å². The largest absolute Gasteiger partial charge is 0.507 e. The fourth-order valence-corrected chi connectivity index (χ4v) is 4.82. The molecular weight excluding hydrogens is 480 g/mol. The van der Waals surface area contributed by atoms with E-state index >= 15 is 0 Å². The van der Waals surface area contributed by atoms with Gasteiger partial charge < -0.3 is 24.6 Å². The van der Waals surface area contributed by atoms with E-state index in [1.54, 1.807) is 19.9 Å². The van der Waals surface area contributed by atoms with Crippen molar-refractivity contribution < 1.29 is 29.2 Å². The number of hydrogen-bond acceptors (Lipinski definition) is 8. The quantitative estimate of drug-likeness (QED) is 0.123. The van der Waals surface area contributed by atoms with Crippen LogP contribution in [0.25, 0.3) is 5.76 Å². The van der Waals surface area contributed by atoms with Crippen LogP contribution in [0.5, 0.6) is 0 Å². The standard InChI is InChI=1S/C26H32N4O7/c1-6-28(7-2)12-9-13-29-22(17-10-8-11-18(14-17)30(35)36)20(24(32)25(29)33)23(31)19-15(3)21(26(34)37-5)27-16(19)4/h8,10-11,14,22,27,31H,6-7,9,12-13H2,1-5H3/b23-20+/t22-/m1/s1. The molecule has 37 heavy (non-hydrogen) atoms. The minimum Gasteiger partial charge on any atom is -0.507 e. The van der Waals surface area contributed by atoms with E-state index in [4.69, 9.17) is 4.74 Å². The molecule has 0 spiro atoms. The van der Waals surface area contributed by atoms with Crippen molar-refractivity contribution in [2.45, 2.75) is 40.2 Å². The van der Waals surface area contributed by atoms with Gasteiger partial charge in [0.25, 0.3) is 17.4 Å². The second kappa shape index (κ2) is 11.4. The van der Waals surface area contributed by atoms with Gasteiger partial charge >= 0.3 is 5.97 Å². The third kappa shape index (κ3) is 5.26. The summed E-state index contributed by atoms with van der Waals surface area (Å²) in [6.07, 6.45) is 0.564. The lowest BCUT2D eigenvalue weighted by atomic mass is 9.93. The molecule has 1 aliphatic rings. The number of non-ortho nitro benzene ring substituents is 1. The number of aliphatic hydroxyl groups is 1. The Balaban J connectivity index is 2.17. The Kier molecular flexibility index (Phi) is 8.49. The monoisotopic (exact) mass is 512 g/mol. The number of aromatic nitrogens is 1. The van der Waals surface area contributed by atoms with Crippen molar-refractivity contribution in [2.75, 3.05) is 33.3 Å². The number of nitrogens with one attached hydrogen (secondary N) is 1. The molecule has 0 bridgehead atoms. The average molecular weight is 513 g/mol. The molecule has 1 amide bonds. The molecule has 0 saturated carbocycles. The van der Waals surface area contributed by atoms with Gasteiger partial charge in [0.05, 0.1) is 23.6 Å². The predicted molar refractivity (Wildman–Crippen MR) is 136 cm³/mol. The highest BCUT2D eigenvalue weighted by molar-refractivity contribution is 6.46. The van der Waals surface area contributed by atoms with Gasteiger partial charge in [-0.1, -0.05) is 26.0 Å². The second-order valence-corrected chi connectivity index (χ2v) is 8.84. The number of amides is 1. The molecule has 1 aromatic heterocycles. The lowest BCUT2D eigenvalue weighted by Gasteiger charge is -2.26. The molecule has 0 unspecified atom stereocenters. The van der Waals surface area contributed by atoms with Gasteiger partial charge in [-0.05, 0) is 51.0 Å². The molecule has 1 saturated heterocycles. The summed E-state index contributed by atoms with van der Waals surface area (Å²) >= 11 is 0. The minimum atomic E-state index is -1.04. The van der Waals surface area contributed by atoms with Crippen molar-refractivity contribution in [3.05, 3.63) is 68.0 Å². The zero-order valence-corrected chi connectivity index (χ0v) is 21.7. The van der Waals surface area contributed by atoms with Gasteiger partial charge in [-0.2, -0.15) is 0 Å². The fourth-order valence-electron chi connectivity index (χ4n) is 4.82. The van der Waals surface area contributed by atoms with Gasteiger partial charge in [-0.15, -0.1) is 0 Å². The van der Waals surface area contributed by atoms with Crippen molar-refractivity contribution >= 4 is 29.1 Å². The fraction of sp³-hybridized carbons (Fsp3) is 0.423. The number of Topliss-reactive ketones (excluding diaryl/α,β-unsaturated/α-hetero) is 1. The number of aromatic amines is 1. The van der Waals surface area contributed by atoms with Crippen LogP contribution in [0.2, 0.25) is 0 Å². The molecule has 2 aromatic rings. The van der Waals surface area contributed by atoms with E-state index in [0.29, 0.717) is 29.8 Å². The molecule has 3 rings (SSSR count). The Bertz CT molecular complexity index is 1260. The van der Waals surface area contributed by atoms with E-state index in [0.717, 1.165) is 13.1 Å². The first kappa shape index (κ1) is 27.6. The highest BCUT2D eigenvalue weighted by Gasteiger charge is 2.46. The van der Waals surface area contributed by atoms with Crippen molar-refractivity contribution in [3.63, 3.8) is 0 Å². The van der Waals surface area contributed by atoms with Gasteiger partial charge in [0.1, 0.15) is 11.5 Å². The van der Waals surface area contributed by atoms with Gasteiger partial charge in [0, 0.05) is 29.9 Å². The van der Waals surface area contributed by atoms with Gasteiger partial charge in [0.15, 0.2) is 0 Å². The maximum absolute atomic E-state index is 13.3. The Morgan fingerprint density at radius 1 is 1.24 bits per heavy atom. The van der Waals surface area contributed by atoms with Crippen molar-refractivity contribution in [1.29, 1.82) is 0 Å². The number of aliphatic hydroxyl groups excluding tert-OH is 1. The molecule has 198 valence electrons. The summed E-state index contributed by atoms with van der Waals surface area (Å²) in [6.45, 7) is 9.84. The van der Waals surface area contributed by atoms with Crippen molar-refractivity contribution in [1.82, 2.24) is 14.8 Å². The topological polar surface area (TPSA) is 146 Å². The number of nitro groups is 1. The first-order chi connectivity index (χ1) is 17.6. The molecule has 0 radical (unpaired) electrons. The molecule has 1 aromatic carbocycles. The average Bonchev–Trinajstić information content (AvgIpc) is 3.32. The summed E-state index contributed by atoms with van der Waals surface area (Å²) in [6, 6.07) is 4.65. The number of hydrogen-bond donors (Lipinski definition) is 2. The molecule has 2 heterocycles. The first-order valence-corrected chi connectivity index (χ1v) is 12.1. The number of H-pyrrole nitrogens is 1. The van der Waals surface area contributed by atoms with Gasteiger partial charge in [-0.3, -0.25) is 19.7 Å². The first-order valence-electron chi connectivity index (χ1n) is 12.1. The summed E-state index contributed by atoms with van der Waals surface area (Å²) in [7, 11) is 1.23. The molecule has 1 atom stereocenters. The Hall–Kier alpha value is -3.99. The van der Waals surface area contributed by atoms with Crippen molar-refractivity contribution in [3.8, 4) is 0 Å². The summed E-state index contributed by atoms with van der Waals surface area (Å²) in [5.74, 6) is -2.79. The summed E-state index contributed by atoms with van der Waals surface area (Å²) in [5, 5.41) is 22.9. The molecule has 2 N–H and O–H groups in total. The molecule has 11 nitrogen and oxygen atoms in total. The van der Waals surface area contributed by atoms with Gasteiger partial charge in [-0.25, -0.2) is 4.79 Å². The number of nitro benzene ring substituents is 1. The van der Waals surface area contributed by atoms with Crippen LogP contribution in [0.4, 0.5) is 5.69 Å². The van der Waals surface area contributed by atoms with Crippen LogP contribution in [0, 0.1) is 24.0 Å². The number of ether oxygens (including phenoxy) is 1. The lowest BCUT2D eigenvalue weighted by Crippen LogP contribution is -2.33. The van der Waals surface area contributed by atoms with Crippen LogP contribution in [0.1, 0.15) is 59.2 Å². The Labute approximate surface area is 214 Å². The molecule has 1 aliphatic heterocycles. The maximum atomic E-state index is 13.3. The third-order valence-corrected chi connectivity index (χ3v) is 6.77. The number of nitrogens with zero attached hydrogens (tertiary/aromatic N) is 3. The predicted octanol–water partition coefficient (Wildman–Crippen LogP) is 3.48. The minimum absolute atomic E-state index is 0.113. The van der Waals surface area contributed by atoms with Crippen LogP contribution in [-0.2, 0) is 14.3 Å². The normalized spacial score (nSPS) is 17.0. The zero-order chi connectivity index (χ0) is 27.4. The lowest BCUT2D eigenvalue weighted by molar-refractivity contribution is -0.384.